The first-order valence-electron chi connectivity index (χ1n) is 13.4. The molecule has 1 fully saturated rings. The average molecular weight is 584 g/mol. The van der Waals surface area contributed by atoms with Crippen LogP contribution in [0.25, 0.3) is 0 Å². The predicted octanol–water partition coefficient (Wildman–Crippen LogP) is 3.56. The zero-order valence-corrected chi connectivity index (χ0v) is 24.6. The number of Topliss-reactive ketones (excluding diaryl/α,β-unsaturated/α-hetero) is 1. The molecule has 4 atom stereocenters. The number of alkyl carbamates (subject to hydrolysis) is 1. The summed E-state index contributed by atoms with van der Waals surface area (Å²) >= 11 is 1.37. The summed E-state index contributed by atoms with van der Waals surface area (Å²) in [5.74, 6) is -4.11. The number of carbonyl (C=O) groups is 5. The molecule has 2 aromatic carbocycles. The van der Waals surface area contributed by atoms with Crippen molar-refractivity contribution in [3.8, 4) is 0 Å². The lowest BCUT2D eigenvalue weighted by Gasteiger charge is -2.34. The summed E-state index contributed by atoms with van der Waals surface area (Å²) in [6.07, 6.45) is -0.786. The monoisotopic (exact) mass is 583 g/mol. The van der Waals surface area contributed by atoms with E-state index in [1.165, 1.54) is 16.7 Å². The van der Waals surface area contributed by atoms with Crippen molar-refractivity contribution in [2.45, 2.75) is 70.1 Å². The van der Waals surface area contributed by atoms with Crippen LogP contribution in [0.15, 0.2) is 60.7 Å². The van der Waals surface area contributed by atoms with Crippen LogP contribution in [0.5, 0.6) is 0 Å². The first-order chi connectivity index (χ1) is 19.3. The van der Waals surface area contributed by atoms with Crippen molar-refractivity contribution in [3.63, 3.8) is 0 Å². The van der Waals surface area contributed by atoms with E-state index in [4.69, 9.17) is 4.74 Å². The van der Waals surface area contributed by atoms with Gasteiger partial charge in [0, 0.05) is 12.2 Å². The Balaban J connectivity index is 1.93. The average Bonchev–Trinajstić information content (AvgIpc) is 3.36. The SMILES string of the molecule is CC(C)[C@H](NC(=O)OC(C)(C)C)C(=O)N1C(c2ccccc2)SC[C@H]1C(=O)N[C@@H](Cc1ccccc1)C(=O)C(=O)O. The van der Waals surface area contributed by atoms with Crippen molar-refractivity contribution in [1.29, 1.82) is 0 Å². The van der Waals surface area contributed by atoms with Crippen molar-refractivity contribution in [1.82, 2.24) is 15.5 Å². The molecule has 0 saturated carbocycles. The largest absolute Gasteiger partial charge is 0.475 e. The first kappa shape index (κ1) is 31.7. The van der Waals surface area contributed by atoms with Crippen molar-refractivity contribution < 1.29 is 33.8 Å². The summed E-state index contributed by atoms with van der Waals surface area (Å²) in [5.41, 5.74) is 0.672. The Hall–Kier alpha value is -3.86. The predicted molar refractivity (Wildman–Crippen MR) is 155 cm³/mol. The van der Waals surface area contributed by atoms with Crippen molar-refractivity contribution in [2.24, 2.45) is 5.92 Å². The van der Waals surface area contributed by atoms with Crippen LogP contribution in [0.1, 0.15) is 51.1 Å². The van der Waals surface area contributed by atoms with E-state index >= 15 is 0 Å². The maximum absolute atomic E-state index is 14.1. The molecule has 1 unspecified atom stereocenters. The molecule has 1 aliphatic heterocycles. The molecule has 220 valence electrons. The molecule has 0 aliphatic carbocycles. The van der Waals surface area contributed by atoms with Crippen molar-refractivity contribution >= 4 is 41.4 Å². The molecule has 1 aliphatic rings. The minimum Gasteiger partial charge on any atom is -0.475 e. The fraction of sp³-hybridized carbons (Fsp3) is 0.433. The molecule has 0 spiro atoms. The number of carboxylic acids is 1. The second-order valence-electron chi connectivity index (χ2n) is 11.1. The van der Waals surface area contributed by atoms with Crippen LogP contribution in [-0.4, -0.2) is 69.1 Å². The van der Waals surface area contributed by atoms with E-state index in [1.54, 1.807) is 65.0 Å². The second kappa shape index (κ2) is 13.7. The number of ketones is 1. The third-order valence-electron chi connectivity index (χ3n) is 6.37. The van der Waals surface area contributed by atoms with Crippen LogP contribution >= 0.6 is 11.8 Å². The third-order valence-corrected chi connectivity index (χ3v) is 7.70. The summed E-state index contributed by atoms with van der Waals surface area (Å²) in [4.78, 5) is 66.0. The molecular weight excluding hydrogens is 546 g/mol. The van der Waals surface area contributed by atoms with Gasteiger partial charge in [-0.2, -0.15) is 0 Å². The number of aliphatic carboxylic acids is 1. The summed E-state index contributed by atoms with van der Waals surface area (Å²) in [7, 11) is 0. The van der Waals surface area contributed by atoms with Crippen LogP contribution in [0, 0.1) is 5.92 Å². The summed E-state index contributed by atoms with van der Waals surface area (Å²) in [5, 5.41) is 14.1. The van der Waals surface area contributed by atoms with Gasteiger partial charge >= 0.3 is 12.1 Å². The number of carboxylic acid groups (broad SMARTS) is 1. The summed E-state index contributed by atoms with van der Waals surface area (Å²) in [6, 6.07) is 14.6. The highest BCUT2D eigenvalue weighted by molar-refractivity contribution is 7.99. The van der Waals surface area contributed by atoms with E-state index in [0.29, 0.717) is 5.56 Å². The molecule has 0 aromatic heterocycles. The van der Waals surface area contributed by atoms with Gasteiger partial charge in [-0.15, -0.1) is 11.8 Å². The Kier molecular flexibility index (Phi) is 10.6. The van der Waals surface area contributed by atoms with Crippen LogP contribution in [0.4, 0.5) is 4.79 Å². The smallest absolute Gasteiger partial charge is 0.408 e. The lowest BCUT2D eigenvalue weighted by Crippen LogP contribution is -2.58. The van der Waals surface area contributed by atoms with Gasteiger partial charge in [-0.25, -0.2) is 9.59 Å². The number of nitrogens with one attached hydrogen (secondary N) is 2. The zero-order chi connectivity index (χ0) is 30.3. The molecule has 0 radical (unpaired) electrons. The van der Waals surface area contributed by atoms with Gasteiger partial charge in [-0.05, 0) is 37.8 Å². The highest BCUT2D eigenvalue weighted by atomic mass is 32.2. The first-order valence-corrected chi connectivity index (χ1v) is 14.4. The Labute approximate surface area is 244 Å². The van der Waals surface area contributed by atoms with Gasteiger partial charge < -0.3 is 25.4 Å². The molecule has 1 saturated heterocycles. The van der Waals surface area contributed by atoms with Gasteiger partial charge in [-0.3, -0.25) is 14.4 Å². The van der Waals surface area contributed by atoms with E-state index in [0.717, 1.165) is 5.56 Å². The number of thioether (sulfide) groups is 1. The van der Waals surface area contributed by atoms with Crippen LogP contribution in [-0.2, 0) is 30.3 Å². The molecule has 41 heavy (non-hydrogen) atoms. The number of ether oxygens (including phenoxy) is 1. The molecule has 3 amide bonds. The Morgan fingerprint density at radius 3 is 2.10 bits per heavy atom. The minimum absolute atomic E-state index is 0.0253. The molecule has 2 aromatic rings. The molecule has 1 heterocycles. The topological polar surface area (TPSA) is 142 Å². The second-order valence-corrected chi connectivity index (χ2v) is 12.3. The quantitative estimate of drug-likeness (QED) is 0.361. The Morgan fingerprint density at radius 1 is 0.976 bits per heavy atom. The van der Waals surface area contributed by atoms with Gasteiger partial charge in [0.15, 0.2) is 0 Å². The van der Waals surface area contributed by atoms with Crippen molar-refractivity contribution in [3.05, 3.63) is 71.8 Å². The van der Waals surface area contributed by atoms with E-state index in [9.17, 15) is 29.1 Å². The fourth-order valence-corrected chi connectivity index (χ4v) is 5.87. The Bertz CT molecular complexity index is 1250. The fourth-order valence-electron chi connectivity index (χ4n) is 4.44. The van der Waals surface area contributed by atoms with Crippen LogP contribution in [0.3, 0.4) is 0 Å². The number of rotatable bonds is 10. The zero-order valence-electron chi connectivity index (χ0n) is 23.8. The maximum Gasteiger partial charge on any atom is 0.408 e. The molecule has 3 rings (SSSR count). The third kappa shape index (κ3) is 8.56. The standard InChI is InChI=1S/C30H37N3O7S/c1-18(2)23(32-29(39)40-30(3,4)5)26(36)33-22(17-41-27(33)20-14-10-7-11-15-20)25(35)31-21(24(34)28(37)38)16-19-12-8-6-9-13-19/h6-15,18,21-23,27H,16-17H2,1-5H3,(H,31,35)(H,32,39)(H,37,38)/t21-,22-,23-,27?/m0/s1. The number of hydrogen-bond acceptors (Lipinski definition) is 7. The van der Waals surface area contributed by atoms with Gasteiger partial charge in [0.1, 0.15) is 29.1 Å². The summed E-state index contributed by atoms with van der Waals surface area (Å²) in [6.45, 7) is 8.69. The maximum atomic E-state index is 14.1. The summed E-state index contributed by atoms with van der Waals surface area (Å²) < 4.78 is 5.38. The van der Waals surface area contributed by atoms with Gasteiger partial charge in [-0.1, -0.05) is 74.5 Å². The number of hydrogen-bond donors (Lipinski definition) is 3. The molecule has 3 N–H and O–H groups in total. The van der Waals surface area contributed by atoms with E-state index in [2.05, 4.69) is 10.6 Å². The van der Waals surface area contributed by atoms with E-state index in [1.807, 2.05) is 30.3 Å². The lowest BCUT2D eigenvalue weighted by atomic mass is 10.00. The molecule has 11 heteroatoms. The molecule has 0 bridgehead atoms. The molecular formula is C30H37N3O7S. The highest BCUT2D eigenvalue weighted by Gasteiger charge is 2.46. The molecule has 10 nitrogen and oxygen atoms in total. The van der Waals surface area contributed by atoms with Crippen LogP contribution < -0.4 is 10.6 Å². The van der Waals surface area contributed by atoms with Gasteiger partial charge in [0.25, 0.3) is 5.78 Å². The highest BCUT2D eigenvalue weighted by Crippen LogP contribution is 2.42. The number of nitrogens with zero attached hydrogens (tertiary/aromatic N) is 1. The van der Waals surface area contributed by atoms with Gasteiger partial charge in [0.2, 0.25) is 11.8 Å². The van der Waals surface area contributed by atoms with Crippen molar-refractivity contribution in [2.75, 3.05) is 5.75 Å². The lowest BCUT2D eigenvalue weighted by molar-refractivity contribution is -0.151. The van der Waals surface area contributed by atoms with E-state index < -0.39 is 58.8 Å². The normalized spacial score (nSPS) is 18.3. The number of carbonyl (C=O) groups excluding carboxylic acids is 4. The Morgan fingerprint density at radius 2 is 1.56 bits per heavy atom. The number of amides is 3. The van der Waals surface area contributed by atoms with E-state index in [-0.39, 0.29) is 18.1 Å². The minimum atomic E-state index is -1.66. The van der Waals surface area contributed by atoms with Gasteiger partial charge in [0.05, 0.1) is 0 Å². The number of benzene rings is 2. The van der Waals surface area contributed by atoms with Crippen LogP contribution in [0.2, 0.25) is 0 Å².